The third-order valence-electron chi connectivity index (χ3n) is 16.4. The van der Waals surface area contributed by atoms with Crippen LogP contribution in [0.1, 0.15) is 400 Å². The van der Waals surface area contributed by atoms with E-state index in [1.807, 2.05) is 0 Å². The van der Waals surface area contributed by atoms with Gasteiger partial charge in [0.1, 0.15) is 13.2 Å². The summed E-state index contributed by atoms with van der Waals surface area (Å²) in [5, 5.41) is 0. The third kappa shape index (κ3) is 66.4. The summed E-state index contributed by atoms with van der Waals surface area (Å²) >= 11 is 0. The van der Waals surface area contributed by atoms with Crippen LogP contribution in [0.4, 0.5) is 0 Å². The second-order valence-electron chi connectivity index (χ2n) is 24.5. The van der Waals surface area contributed by atoms with Crippen LogP contribution in [0.5, 0.6) is 0 Å². The van der Waals surface area contributed by atoms with E-state index in [9.17, 15) is 14.4 Å². The Balaban J connectivity index is 4.09. The number of carbonyl (C=O) groups is 3. The Bertz CT molecular complexity index is 1340. The van der Waals surface area contributed by atoms with Gasteiger partial charge in [-0.1, -0.05) is 340 Å². The fourth-order valence-electron chi connectivity index (χ4n) is 10.9. The summed E-state index contributed by atoms with van der Waals surface area (Å²) in [7, 11) is 0. The van der Waals surface area contributed by atoms with Crippen molar-refractivity contribution in [2.45, 2.75) is 406 Å². The molecule has 0 heterocycles. The van der Waals surface area contributed by atoms with Crippen molar-refractivity contribution in [1.82, 2.24) is 0 Å². The highest BCUT2D eigenvalue weighted by molar-refractivity contribution is 5.71. The number of rotatable bonds is 67. The van der Waals surface area contributed by atoms with Gasteiger partial charge in [-0.05, 0) is 77.0 Å². The van der Waals surface area contributed by atoms with Crippen LogP contribution in [0.3, 0.4) is 0 Å². The summed E-state index contributed by atoms with van der Waals surface area (Å²) in [6.07, 6.45) is 86.3. The molecule has 1 unspecified atom stereocenters. The number of esters is 3. The van der Waals surface area contributed by atoms with E-state index in [0.29, 0.717) is 19.3 Å². The quantitative estimate of drug-likeness (QED) is 0.0261. The van der Waals surface area contributed by atoms with Crippen LogP contribution in [0, 0.1) is 0 Å². The van der Waals surface area contributed by atoms with E-state index in [4.69, 9.17) is 14.2 Å². The third-order valence-corrected chi connectivity index (χ3v) is 16.4. The summed E-state index contributed by atoms with van der Waals surface area (Å²) in [5.41, 5.74) is 0. The molecule has 0 bridgehead atoms. The molecule has 0 fully saturated rings. The molecule has 0 amide bonds. The number of allylic oxidation sites excluding steroid dienone is 6. The monoisotopic (exact) mass is 1120 g/mol. The van der Waals surface area contributed by atoms with Crippen molar-refractivity contribution in [2.75, 3.05) is 13.2 Å². The molecule has 0 saturated heterocycles. The Morgan fingerprint density at radius 2 is 0.450 bits per heavy atom. The number of unbranched alkanes of at least 4 members (excludes halogenated alkanes) is 50. The predicted molar refractivity (Wildman–Crippen MR) is 349 cm³/mol. The average Bonchev–Trinajstić information content (AvgIpc) is 3.46. The molecule has 0 aromatic carbocycles. The zero-order valence-corrected chi connectivity index (χ0v) is 54.1. The molecular weight excluding hydrogens is 985 g/mol. The molecule has 0 saturated carbocycles. The first kappa shape index (κ1) is 77.6. The van der Waals surface area contributed by atoms with E-state index in [0.717, 1.165) is 89.9 Å². The van der Waals surface area contributed by atoms with Gasteiger partial charge in [0, 0.05) is 19.3 Å². The first-order chi connectivity index (χ1) is 39.5. The Hall–Kier alpha value is -2.37. The number of hydrogen-bond acceptors (Lipinski definition) is 6. The van der Waals surface area contributed by atoms with E-state index >= 15 is 0 Å². The minimum Gasteiger partial charge on any atom is -0.462 e. The molecule has 0 aromatic heterocycles. The van der Waals surface area contributed by atoms with Gasteiger partial charge in [0.2, 0.25) is 0 Å². The predicted octanol–water partition coefficient (Wildman–Crippen LogP) is 24.7. The van der Waals surface area contributed by atoms with Crippen LogP contribution in [-0.2, 0) is 28.6 Å². The molecule has 0 aliphatic carbocycles. The molecule has 6 heteroatoms. The first-order valence-electron chi connectivity index (χ1n) is 36.0. The first-order valence-corrected chi connectivity index (χ1v) is 36.0. The van der Waals surface area contributed by atoms with Crippen molar-refractivity contribution in [3.05, 3.63) is 36.5 Å². The minimum absolute atomic E-state index is 0.0764. The van der Waals surface area contributed by atoms with Gasteiger partial charge in [-0.3, -0.25) is 14.4 Å². The van der Waals surface area contributed by atoms with Crippen LogP contribution in [0.15, 0.2) is 36.5 Å². The summed E-state index contributed by atoms with van der Waals surface area (Å²) in [4.78, 5) is 38.3. The lowest BCUT2D eigenvalue weighted by Gasteiger charge is -2.18. The second kappa shape index (κ2) is 69.1. The van der Waals surface area contributed by atoms with Gasteiger partial charge < -0.3 is 14.2 Å². The van der Waals surface area contributed by atoms with Crippen molar-refractivity contribution in [1.29, 1.82) is 0 Å². The largest absolute Gasteiger partial charge is 0.462 e. The summed E-state index contributed by atoms with van der Waals surface area (Å²) in [5.74, 6) is -0.875. The zero-order valence-electron chi connectivity index (χ0n) is 54.1. The van der Waals surface area contributed by atoms with Gasteiger partial charge in [-0.15, -0.1) is 0 Å². The van der Waals surface area contributed by atoms with Crippen molar-refractivity contribution in [2.24, 2.45) is 0 Å². The fraction of sp³-hybridized carbons (Fsp3) is 0.878. The van der Waals surface area contributed by atoms with Crippen molar-refractivity contribution >= 4 is 17.9 Å². The summed E-state index contributed by atoms with van der Waals surface area (Å²) in [6.45, 7) is 6.65. The maximum atomic E-state index is 12.9. The smallest absolute Gasteiger partial charge is 0.306 e. The van der Waals surface area contributed by atoms with Crippen LogP contribution in [0.25, 0.3) is 0 Å². The van der Waals surface area contributed by atoms with Gasteiger partial charge in [0.15, 0.2) is 6.10 Å². The average molecular weight is 1120 g/mol. The van der Waals surface area contributed by atoms with Crippen LogP contribution < -0.4 is 0 Å². The molecule has 0 spiro atoms. The Kier molecular flexibility index (Phi) is 67.1. The molecule has 470 valence electrons. The Morgan fingerprint density at radius 3 is 0.713 bits per heavy atom. The molecule has 0 radical (unpaired) electrons. The van der Waals surface area contributed by atoms with Crippen LogP contribution >= 0.6 is 0 Å². The molecule has 0 N–H and O–H groups in total. The van der Waals surface area contributed by atoms with Crippen molar-refractivity contribution < 1.29 is 28.6 Å². The molecule has 0 aliphatic heterocycles. The zero-order chi connectivity index (χ0) is 57.8. The summed E-state index contributed by atoms with van der Waals surface area (Å²) < 4.78 is 16.9. The van der Waals surface area contributed by atoms with E-state index in [2.05, 4.69) is 57.2 Å². The number of ether oxygens (including phenoxy) is 3. The van der Waals surface area contributed by atoms with E-state index in [-0.39, 0.29) is 31.1 Å². The van der Waals surface area contributed by atoms with Gasteiger partial charge in [0.25, 0.3) is 0 Å². The van der Waals surface area contributed by atoms with Gasteiger partial charge in [0.05, 0.1) is 0 Å². The Labute approximate surface area is 499 Å². The standard InChI is InChI=1S/C74H138O6/c1-4-7-10-13-16-19-22-25-27-29-30-31-32-33-34-35-36-37-38-39-40-41-42-43-44-45-47-49-52-55-58-61-64-67-73(76)79-70-71(69-78-72(75)66-63-60-57-54-51-48-24-21-18-15-12-9-6-3)80-74(77)68-65-62-59-56-53-50-46-28-26-23-20-17-14-11-8-5-2/h20-21,23-24,28,46,71H,4-19,22,25-27,29-45,47-70H2,1-3H3/b23-20-,24-21-,46-28-. The molecular formula is C74H138O6. The normalized spacial score (nSPS) is 12.2. The topological polar surface area (TPSA) is 78.9 Å². The lowest BCUT2D eigenvalue weighted by molar-refractivity contribution is -0.167. The molecule has 1 atom stereocenters. The highest BCUT2D eigenvalue weighted by atomic mass is 16.6. The lowest BCUT2D eigenvalue weighted by atomic mass is 10.0. The van der Waals surface area contributed by atoms with Gasteiger partial charge >= 0.3 is 17.9 Å². The van der Waals surface area contributed by atoms with Gasteiger partial charge in [-0.2, -0.15) is 0 Å². The molecule has 0 rings (SSSR count). The second-order valence-corrected chi connectivity index (χ2v) is 24.5. The minimum atomic E-state index is -0.782. The van der Waals surface area contributed by atoms with Crippen LogP contribution in [0.2, 0.25) is 0 Å². The maximum Gasteiger partial charge on any atom is 0.306 e. The lowest BCUT2D eigenvalue weighted by Crippen LogP contribution is -2.30. The molecule has 80 heavy (non-hydrogen) atoms. The van der Waals surface area contributed by atoms with Gasteiger partial charge in [-0.25, -0.2) is 0 Å². The highest BCUT2D eigenvalue weighted by Crippen LogP contribution is 2.19. The summed E-state index contributed by atoms with van der Waals surface area (Å²) in [6, 6.07) is 0. The number of carbonyl (C=O) groups excluding carboxylic acids is 3. The van der Waals surface area contributed by atoms with E-state index < -0.39 is 6.10 Å². The fourth-order valence-corrected chi connectivity index (χ4v) is 10.9. The number of hydrogen-bond donors (Lipinski definition) is 0. The van der Waals surface area contributed by atoms with Crippen molar-refractivity contribution in [3.8, 4) is 0 Å². The van der Waals surface area contributed by atoms with E-state index in [1.54, 1.807) is 0 Å². The van der Waals surface area contributed by atoms with E-state index in [1.165, 1.54) is 270 Å². The molecule has 0 aliphatic rings. The molecule has 6 nitrogen and oxygen atoms in total. The molecule has 0 aromatic rings. The van der Waals surface area contributed by atoms with Crippen LogP contribution in [-0.4, -0.2) is 37.2 Å². The van der Waals surface area contributed by atoms with Crippen molar-refractivity contribution in [3.63, 3.8) is 0 Å². The highest BCUT2D eigenvalue weighted by Gasteiger charge is 2.19. The SMILES string of the molecule is CCCCCC/C=C\C/C=C\CCCCCCCC(=O)OC(COC(=O)CCCCCCC/C=C\CCCCCC)COC(=O)CCCCCCCCCCCCCCCCCCCCCCCCCCCCCCCCCCC. The maximum absolute atomic E-state index is 12.9. The Morgan fingerprint density at radius 1 is 0.250 bits per heavy atom.